The van der Waals surface area contributed by atoms with Crippen molar-refractivity contribution in [2.45, 2.75) is 46.0 Å². The van der Waals surface area contributed by atoms with Gasteiger partial charge in [-0.1, -0.05) is 20.8 Å². The fourth-order valence-corrected chi connectivity index (χ4v) is 2.94. The third-order valence-corrected chi connectivity index (χ3v) is 4.69. The van der Waals surface area contributed by atoms with E-state index in [9.17, 15) is 22.8 Å². The van der Waals surface area contributed by atoms with E-state index in [0.29, 0.717) is 11.3 Å². The smallest absolute Gasteiger partial charge is 0.416 e. The number of alkyl halides is 3. The number of amides is 1. The van der Waals surface area contributed by atoms with Crippen LogP contribution in [-0.4, -0.2) is 18.5 Å². The van der Waals surface area contributed by atoms with Gasteiger partial charge in [-0.2, -0.15) is 25.8 Å². The summed E-state index contributed by atoms with van der Waals surface area (Å²) in [5.74, 6) is -0.377. The van der Waals surface area contributed by atoms with Gasteiger partial charge in [-0.25, -0.2) is 0 Å². The molecule has 1 amide bonds. The van der Waals surface area contributed by atoms with Crippen LogP contribution < -0.4 is 10.1 Å². The van der Waals surface area contributed by atoms with E-state index >= 15 is 0 Å². The van der Waals surface area contributed by atoms with E-state index in [2.05, 4.69) is 17.9 Å². The van der Waals surface area contributed by atoms with Crippen LogP contribution in [0.1, 0.15) is 44.4 Å². The highest BCUT2D eigenvalue weighted by atomic mass is 32.1. The van der Waals surface area contributed by atoms with E-state index < -0.39 is 23.1 Å². The fourth-order valence-electron chi connectivity index (χ4n) is 2.69. The van der Waals surface area contributed by atoms with Crippen LogP contribution in [-0.2, 0) is 32.7 Å². The van der Waals surface area contributed by atoms with Crippen molar-refractivity contribution in [3.8, 4) is 11.5 Å². The average Bonchev–Trinajstić information content (AvgIpc) is 2.67. The first kappa shape index (κ1) is 25.6. The highest BCUT2D eigenvalue weighted by Crippen LogP contribution is 2.36. The Hall–Kier alpha value is -2.68. The van der Waals surface area contributed by atoms with Gasteiger partial charge in [0.25, 0.3) is 0 Å². The lowest BCUT2D eigenvalue weighted by molar-refractivity contribution is -0.142. The van der Waals surface area contributed by atoms with E-state index in [1.165, 1.54) is 6.07 Å². The van der Waals surface area contributed by atoms with Crippen LogP contribution in [0.4, 0.5) is 18.9 Å². The maximum Gasteiger partial charge on any atom is 0.416 e. The van der Waals surface area contributed by atoms with Crippen molar-refractivity contribution in [1.29, 1.82) is 0 Å². The van der Waals surface area contributed by atoms with Gasteiger partial charge in [0.05, 0.1) is 18.6 Å². The Morgan fingerprint density at radius 2 is 1.75 bits per heavy atom. The number of carbonyl (C=O) groups is 2. The van der Waals surface area contributed by atoms with Crippen molar-refractivity contribution < 1.29 is 32.2 Å². The monoisotopic (exact) mass is 469 g/mol. The van der Waals surface area contributed by atoms with Gasteiger partial charge in [0.1, 0.15) is 11.5 Å². The normalized spacial score (nSPS) is 11.8. The molecule has 32 heavy (non-hydrogen) atoms. The molecule has 174 valence electrons. The second kappa shape index (κ2) is 10.3. The zero-order chi connectivity index (χ0) is 24.1. The van der Waals surface area contributed by atoms with Crippen molar-refractivity contribution in [3.63, 3.8) is 0 Å². The van der Waals surface area contributed by atoms with E-state index in [4.69, 9.17) is 9.47 Å². The van der Waals surface area contributed by atoms with Gasteiger partial charge < -0.3 is 14.8 Å². The highest BCUT2D eigenvalue weighted by Gasteiger charge is 2.32. The Balaban J connectivity index is 2.35. The summed E-state index contributed by atoms with van der Waals surface area (Å²) in [6.45, 7) is 7.08. The van der Waals surface area contributed by atoms with E-state index in [0.717, 1.165) is 12.1 Å². The Morgan fingerprint density at radius 1 is 1.06 bits per heavy atom. The molecule has 0 atom stereocenters. The summed E-state index contributed by atoms with van der Waals surface area (Å²) in [4.78, 5) is 24.0. The second-order valence-corrected chi connectivity index (χ2v) is 8.45. The summed E-state index contributed by atoms with van der Waals surface area (Å²) >= 11 is 4.26. The molecule has 9 heteroatoms. The predicted molar refractivity (Wildman–Crippen MR) is 119 cm³/mol. The van der Waals surface area contributed by atoms with Crippen LogP contribution in [0.5, 0.6) is 11.5 Å². The molecule has 0 radical (unpaired) electrons. The Labute approximate surface area is 190 Å². The molecule has 0 aliphatic carbocycles. The summed E-state index contributed by atoms with van der Waals surface area (Å²) in [6.07, 6.45) is -4.93. The number of ether oxygens (including phenoxy) is 2. The SMILES string of the molecule is CCOC(=O)Cc1cc(Oc2ccc(NC(=O)C(C)(C)C)cc2CS)cc(C(F)(F)F)c1. The molecule has 0 unspecified atom stereocenters. The molecular weight excluding hydrogens is 443 g/mol. The summed E-state index contributed by atoms with van der Waals surface area (Å²) in [5.41, 5.74) is -0.313. The molecule has 0 aliphatic heterocycles. The molecule has 0 bridgehead atoms. The predicted octanol–water partition coefficient (Wildman–Crippen LogP) is 6.02. The largest absolute Gasteiger partial charge is 0.466 e. The first-order valence-corrected chi connectivity index (χ1v) is 10.6. The Morgan fingerprint density at radius 3 is 2.31 bits per heavy atom. The van der Waals surface area contributed by atoms with Crippen LogP contribution in [0.25, 0.3) is 0 Å². The zero-order valence-electron chi connectivity index (χ0n) is 18.3. The molecule has 2 aromatic carbocycles. The number of thiol groups is 1. The maximum atomic E-state index is 13.4. The molecule has 0 aliphatic rings. The molecule has 0 heterocycles. The number of benzene rings is 2. The number of rotatable bonds is 7. The molecule has 2 rings (SSSR count). The van der Waals surface area contributed by atoms with E-state index in [1.807, 2.05) is 0 Å². The van der Waals surface area contributed by atoms with Gasteiger partial charge in [-0.3, -0.25) is 9.59 Å². The van der Waals surface area contributed by atoms with E-state index in [1.54, 1.807) is 45.9 Å². The number of hydrogen-bond donors (Lipinski definition) is 2. The summed E-state index contributed by atoms with van der Waals surface area (Å²) in [7, 11) is 0. The topological polar surface area (TPSA) is 64.6 Å². The van der Waals surface area contributed by atoms with Crippen molar-refractivity contribution >= 4 is 30.2 Å². The lowest BCUT2D eigenvalue weighted by Gasteiger charge is -2.19. The third kappa shape index (κ3) is 7.19. The van der Waals surface area contributed by atoms with Crippen molar-refractivity contribution in [2.75, 3.05) is 11.9 Å². The van der Waals surface area contributed by atoms with Crippen LogP contribution in [0, 0.1) is 5.41 Å². The lowest BCUT2D eigenvalue weighted by Crippen LogP contribution is -2.27. The van der Waals surface area contributed by atoms with Gasteiger partial charge in [0, 0.05) is 22.4 Å². The van der Waals surface area contributed by atoms with Crippen LogP contribution >= 0.6 is 12.6 Å². The van der Waals surface area contributed by atoms with Gasteiger partial charge in [-0.15, -0.1) is 0 Å². The van der Waals surface area contributed by atoms with E-state index in [-0.39, 0.29) is 41.8 Å². The summed E-state index contributed by atoms with van der Waals surface area (Å²) in [5, 5.41) is 2.79. The quantitative estimate of drug-likeness (QED) is 0.385. The second-order valence-electron chi connectivity index (χ2n) is 8.13. The molecule has 0 fully saturated rings. The Bertz CT molecular complexity index is 984. The molecular formula is C23H26F3NO4S. The maximum absolute atomic E-state index is 13.4. The fraction of sp³-hybridized carbons (Fsp3) is 0.391. The van der Waals surface area contributed by atoms with Crippen molar-refractivity contribution in [2.24, 2.45) is 5.41 Å². The number of anilines is 1. The van der Waals surface area contributed by atoms with Gasteiger partial charge in [0.2, 0.25) is 5.91 Å². The van der Waals surface area contributed by atoms with Crippen molar-refractivity contribution in [1.82, 2.24) is 0 Å². The molecule has 0 saturated heterocycles. The third-order valence-electron chi connectivity index (χ3n) is 4.35. The minimum atomic E-state index is -4.61. The molecule has 1 N–H and O–H groups in total. The number of hydrogen-bond acceptors (Lipinski definition) is 5. The Kier molecular flexibility index (Phi) is 8.23. The number of carbonyl (C=O) groups excluding carboxylic acids is 2. The van der Waals surface area contributed by atoms with Gasteiger partial charge in [-0.05, 0) is 48.9 Å². The summed E-state index contributed by atoms with van der Waals surface area (Å²) < 4.78 is 50.7. The van der Waals surface area contributed by atoms with Crippen LogP contribution in [0.2, 0.25) is 0 Å². The number of esters is 1. The molecule has 0 aromatic heterocycles. The first-order chi connectivity index (χ1) is 14.8. The number of nitrogens with one attached hydrogen (secondary N) is 1. The van der Waals surface area contributed by atoms with Crippen molar-refractivity contribution in [3.05, 3.63) is 53.1 Å². The van der Waals surface area contributed by atoms with Gasteiger partial charge in [0.15, 0.2) is 0 Å². The molecule has 0 spiro atoms. The van der Waals surface area contributed by atoms with Gasteiger partial charge >= 0.3 is 12.1 Å². The standard InChI is InChI=1S/C23H26F3NO4S/c1-5-30-20(28)10-14-8-16(23(24,25)26)12-18(9-14)31-19-7-6-17(11-15(19)13-32)27-21(29)22(2,3)4/h6-9,11-12,32H,5,10,13H2,1-4H3,(H,27,29). The number of halogens is 3. The molecule has 5 nitrogen and oxygen atoms in total. The van der Waals surface area contributed by atoms with Crippen LogP contribution in [0.3, 0.4) is 0 Å². The zero-order valence-corrected chi connectivity index (χ0v) is 19.2. The minimum Gasteiger partial charge on any atom is -0.466 e. The minimum absolute atomic E-state index is 0.0753. The average molecular weight is 470 g/mol. The molecule has 2 aromatic rings. The highest BCUT2D eigenvalue weighted by molar-refractivity contribution is 7.79. The molecule has 0 saturated carbocycles. The first-order valence-electron chi connectivity index (χ1n) is 9.93. The summed E-state index contributed by atoms with van der Waals surface area (Å²) in [6, 6.07) is 7.93. The lowest BCUT2D eigenvalue weighted by atomic mass is 9.95. The van der Waals surface area contributed by atoms with Crippen LogP contribution in [0.15, 0.2) is 36.4 Å².